The monoisotopic (exact) mass is 557 g/mol. The molecule has 8 heteroatoms. The van der Waals surface area contributed by atoms with Crippen LogP contribution in [0.4, 0.5) is 0 Å². The topological polar surface area (TPSA) is 78.0 Å². The fraction of sp³-hybridized carbons (Fsp3) is 0.667. The molecule has 0 aromatic heterocycles. The first-order chi connectivity index (χ1) is 15.2. The number of carbonyl (C=O) groups is 1. The van der Waals surface area contributed by atoms with Gasteiger partial charge in [-0.25, -0.2) is 0 Å². The number of likely N-dealkylation sites (tertiary alicyclic amines) is 1. The Balaban J connectivity index is 0.00000363. The SMILES string of the molecule is CCNC(=O)COc1cccc(CNC(=NC)NC2CCCN(C3CCCCC3)C2)c1.I. The second kappa shape index (κ2) is 14.6. The van der Waals surface area contributed by atoms with Crippen LogP contribution in [0.25, 0.3) is 0 Å². The van der Waals surface area contributed by atoms with Crippen LogP contribution in [0.15, 0.2) is 29.3 Å². The van der Waals surface area contributed by atoms with Crippen molar-refractivity contribution in [2.24, 2.45) is 4.99 Å². The van der Waals surface area contributed by atoms with E-state index in [0.29, 0.717) is 24.9 Å². The predicted octanol–water partition coefficient (Wildman–Crippen LogP) is 3.28. The highest BCUT2D eigenvalue weighted by Gasteiger charge is 2.27. The van der Waals surface area contributed by atoms with Gasteiger partial charge in [0.25, 0.3) is 5.91 Å². The van der Waals surface area contributed by atoms with E-state index in [9.17, 15) is 4.79 Å². The van der Waals surface area contributed by atoms with Gasteiger partial charge in [-0.1, -0.05) is 31.4 Å². The van der Waals surface area contributed by atoms with Gasteiger partial charge in [-0.15, -0.1) is 24.0 Å². The summed E-state index contributed by atoms with van der Waals surface area (Å²) in [7, 11) is 1.82. The van der Waals surface area contributed by atoms with Gasteiger partial charge in [0.2, 0.25) is 0 Å². The van der Waals surface area contributed by atoms with Crippen molar-refractivity contribution in [2.75, 3.05) is 33.3 Å². The van der Waals surface area contributed by atoms with E-state index in [1.54, 1.807) is 0 Å². The summed E-state index contributed by atoms with van der Waals surface area (Å²) in [6.07, 6.45) is 9.32. The number of rotatable bonds is 8. The summed E-state index contributed by atoms with van der Waals surface area (Å²) in [5, 5.41) is 9.79. The van der Waals surface area contributed by atoms with Crippen LogP contribution in [0.3, 0.4) is 0 Å². The van der Waals surface area contributed by atoms with Gasteiger partial charge < -0.3 is 20.7 Å². The fourth-order valence-corrected chi connectivity index (χ4v) is 4.62. The summed E-state index contributed by atoms with van der Waals surface area (Å²) in [5.74, 6) is 1.43. The van der Waals surface area contributed by atoms with Gasteiger partial charge in [-0.05, 0) is 56.8 Å². The van der Waals surface area contributed by atoms with Crippen molar-refractivity contribution in [3.8, 4) is 5.75 Å². The van der Waals surface area contributed by atoms with Crippen molar-refractivity contribution in [1.82, 2.24) is 20.9 Å². The van der Waals surface area contributed by atoms with Crippen LogP contribution >= 0.6 is 24.0 Å². The van der Waals surface area contributed by atoms with Crippen LogP contribution in [-0.4, -0.2) is 62.1 Å². The highest BCUT2D eigenvalue weighted by molar-refractivity contribution is 14.0. The molecular formula is C24H40IN5O2. The number of halogens is 1. The number of aliphatic imine (C=N–C) groups is 1. The third-order valence-electron chi connectivity index (χ3n) is 6.21. The zero-order valence-corrected chi connectivity index (χ0v) is 21.9. The van der Waals surface area contributed by atoms with Crippen LogP contribution in [0.2, 0.25) is 0 Å². The smallest absolute Gasteiger partial charge is 0.257 e. The molecule has 1 atom stereocenters. The van der Waals surface area contributed by atoms with E-state index in [0.717, 1.165) is 24.1 Å². The number of carbonyl (C=O) groups excluding carboxylic acids is 1. The van der Waals surface area contributed by atoms with Gasteiger partial charge in [-0.3, -0.25) is 14.7 Å². The van der Waals surface area contributed by atoms with Crippen LogP contribution < -0.4 is 20.7 Å². The maximum Gasteiger partial charge on any atom is 0.257 e. The van der Waals surface area contributed by atoms with Crippen LogP contribution in [0.5, 0.6) is 5.75 Å². The Bertz CT molecular complexity index is 724. The summed E-state index contributed by atoms with van der Waals surface area (Å²) in [4.78, 5) is 18.7. The lowest BCUT2D eigenvalue weighted by Crippen LogP contribution is -2.53. The lowest BCUT2D eigenvalue weighted by molar-refractivity contribution is -0.122. The first-order valence-corrected chi connectivity index (χ1v) is 11.9. The standard InChI is InChI=1S/C24H39N5O2.HI/c1-3-26-23(30)18-31-22-13-7-9-19(15-22)16-27-24(25-2)28-20-10-8-14-29(17-20)21-11-5-4-6-12-21;/h7,9,13,15,20-21H,3-6,8,10-12,14,16-18H2,1-2H3,(H,26,30)(H2,25,27,28);1H. The van der Waals surface area contributed by atoms with Crippen molar-refractivity contribution in [2.45, 2.75) is 70.5 Å². The number of nitrogens with zero attached hydrogens (tertiary/aromatic N) is 2. The molecule has 1 aliphatic heterocycles. The second-order valence-electron chi connectivity index (χ2n) is 8.59. The number of benzene rings is 1. The summed E-state index contributed by atoms with van der Waals surface area (Å²) in [6.45, 7) is 5.53. The number of nitrogens with one attached hydrogen (secondary N) is 3. The van der Waals surface area contributed by atoms with E-state index in [1.807, 2.05) is 38.2 Å². The Morgan fingerprint density at radius 3 is 2.72 bits per heavy atom. The maximum atomic E-state index is 11.6. The van der Waals surface area contributed by atoms with Crippen molar-refractivity contribution < 1.29 is 9.53 Å². The zero-order chi connectivity index (χ0) is 21.9. The normalized spacial score (nSPS) is 20.2. The Morgan fingerprint density at radius 1 is 1.16 bits per heavy atom. The first kappa shape index (κ1) is 26.7. The van der Waals surface area contributed by atoms with E-state index in [-0.39, 0.29) is 36.5 Å². The molecule has 1 saturated heterocycles. The number of guanidine groups is 1. The van der Waals surface area contributed by atoms with Gasteiger partial charge in [0.1, 0.15) is 5.75 Å². The lowest BCUT2D eigenvalue weighted by atomic mass is 9.92. The molecule has 3 rings (SSSR count). The molecule has 1 aliphatic carbocycles. The third-order valence-corrected chi connectivity index (χ3v) is 6.21. The minimum absolute atomic E-state index is 0. The number of piperidine rings is 1. The van der Waals surface area contributed by atoms with Crippen LogP contribution in [0, 0.1) is 0 Å². The highest BCUT2D eigenvalue weighted by Crippen LogP contribution is 2.25. The molecule has 1 aromatic carbocycles. The molecule has 180 valence electrons. The Hall–Kier alpha value is -1.55. The highest BCUT2D eigenvalue weighted by atomic mass is 127. The molecule has 2 fully saturated rings. The number of ether oxygens (including phenoxy) is 1. The van der Waals surface area contributed by atoms with Gasteiger partial charge >= 0.3 is 0 Å². The van der Waals surface area contributed by atoms with Crippen molar-refractivity contribution in [1.29, 1.82) is 0 Å². The molecule has 3 N–H and O–H groups in total. The lowest BCUT2D eigenvalue weighted by Gasteiger charge is -2.40. The molecule has 2 aliphatic rings. The summed E-state index contributed by atoms with van der Waals surface area (Å²) in [6, 6.07) is 9.04. The Morgan fingerprint density at radius 2 is 1.97 bits per heavy atom. The molecule has 1 unspecified atom stereocenters. The molecule has 1 heterocycles. The molecule has 32 heavy (non-hydrogen) atoms. The Kier molecular flexibility index (Phi) is 12.2. The Labute approximate surface area is 210 Å². The number of likely N-dealkylation sites (N-methyl/N-ethyl adjacent to an activating group) is 1. The first-order valence-electron chi connectivity index (χ1n) is 11.9. The van der Waals surface area contributed by atoms with Crippen LogP contribution in [-0.2, 0) is 11.3 Å². The van der Waals surface area contributed by atoms with Crippen molar-refractivity contribution >= 4 is 35.8 Å². The van der Waals surface area contributed by atoms with Crippen molar-refractivity contribution in [3.05, 3.63) is 29.8 Å². The third kappa shape index (κ3) is 8.77. The van der Waals surface area contributed by atoms with E-state index >= 15 is 0 Å². The molecule has 0 spiro atoms. The zero-order valence-electron chi connectivity index (χ0n) is 19.6. The minimum Gasteiger partial charge on any atom is -0.484 e. The molecule has 7 nitrogen and oxygen atoms in total. The minimum atomic E-state index is -0.106. The van der Waals surface area contributed by atoms with E-state index in [1.165, 1.54) is 51.5 Å². The van der Waals surface area contributed by atoms with E-state index in [4.69, 9.17) is 4.74 Å². The van der Waals surface area contributed by atoms with E-state index < -0.39 is 0 Å². The van der Waals surface area contributed by atoms with E-state index in [2.05, 4.69) is 25.8 Å². The maximum absolute atomic E-state index is 11.6. The molecular weight excluding hydrogens is 517 g/mol. The van der Waals surface area contributed by atoms with Crippen molar-refractivity contribution in [3.63, 3.8) is 0 Å². The molecule has 0 radical (unpaired) electrons. The number of amides is 1. The molecule has 1 saturated carbocycles. The average Bonchev–Trinajstić information content (AvgIpc) is 2.81. The average molecular weight is 558 g/mol. The predicted molar refractivity (Wildman–Crippen MR) is 141 cm³/mol. The van der Waals surface area contributed by atoms with Gasteiger partial charge in [-0.2, -0.15) is 0 Å². The quantitative estimate of drug-likeness (QED) is 0.260. The summed E-state index contributed by atoms with van der Waals surface area (Å²) in [5.41, 5.74) is 1.09. The summed E-state index contributed by atoms with van der Waals surface area (Å²) < 4.78 is 5.59. The largest absolute Gasteiger partial charge is 0.484 e. The molecule has 1 amide bonds. The van der Waals surface area contributed by atoms with Gasteiger partial charge in [0.05, 0.1) is 0 Å². The van der Waals surface area contributed by atoms with Crippen LogP contribution in [0.1, 0.15) is 57.4 Å². The molecule has 1 aromatic rings. The fourth-order valence-electron chi connectivity index (χ4n) is 4.62. The van der Waals surface area contributed by atoms with Gasteiger partial charge in [0.15, 0.2) is 12.6 Å². The summed E-state index contributed by atoms with van der Waals surface area (Å²) >= 11 is 0. The number of hydrogen-bond acceptors (Lipinski definition) is 4. The second-order valence-corrected chi connectivity index (χ2v) is 8.59. The van der Waals surface area contributed by atoms with Gasteiger partial charge in [0, 0.05) is 38.8 Å². The molecule has 0 bridgehead atoms. The number of hydrogen-bond donors (Lipinski definition) is 3.